The Hall–Kier alpha value is -0.990. The van der Waals surface area contributed by atoms with Gasteiger partial charge < -0.3 is 19.3 Å². The van der Waals surface area contributed by atoms with Crippen molar-refractivity contribution in [2.24, 2.45) is 11.8 Å². The fraction of sp³-hybridized carbons (Fsp3) is 0.625. The van der Waals surface area contributed by atoms with Gasteiger partial charge in [-0.3, -0.25) is 0 Å². The van der Waals surface area contributed by atoms with E-state index >= 15 is 0 Å². The van der Waals surface area contributed by atoms with Crippen LogP contribution in [-0.2, 0) is 24.0 Å². The molecule has 0 amide bonds. The van der Waals surface area contributed by atoms with Crippen LogP contribution in [0.5, 0.6) is 0 Å². The number of methoxy groups -OCH3 is 2. The highest BCUT2D eigenvalue weighted by atomic mass is 32.2. The summed E-state index contributed by atoms with van der Waals surface area (Å²) in [5.41, 5.74) is 0. The topological polar surface area (TPSA) is 82.1 Å². The number of rotatable bonds is 6. The lowest BCUT2D eigenvalue weighted by Gasteiger charge is -2.28. The second-order valence-corrected chi connectivity index (χ2v) is 7.98. The molecule has 6 nitrogen and oxygen atoms in total. The standard InChI is InChI=1S/C16H24O6S/c1-11-12(2)16(17,22-14(11)15(20-3)21-4)10-23(18,19)13-8-6-5-7-9-13/h5-9,11-12,14-15,17H,10H2,1-4H3/t11?,12?,14-,16-/m1/s1. The highest BCUT2D eigenvalue weighted by molar-refractivity contribution is 7.91. The smallest absolute Gasteiger partial charge is 0.183 e. The van der Waals surface area contributed by atoms with Gasteiger partial charge in [-0.05, 0) is 18.1 Å². The maximum absolute atomic E-state index is 12.6. The Balaban J connectivity index is 2.25. The molecule has 2 unspecified atom stereocenters. The van der Waals surface area contributed by atoms with Crippen LogP contribution in [0.1, 0.15) is 13.8 Å². The first kappa shape index (κ1) is 18.4. The van der Waals surface area contributed by atoms with Crippen LogP contribution in [0.2, 0.25) is 0 Å². The minimum absolute atomic E-state index is 0.129. The quantitative estimate of drug-likeness (QED) is 0.787. The minimum atomic E-state index is -3.68. The first-order valence-corrected chi connectivity index (χ1v) is 9.14. The Morgan fingerprint density at radius 2 is 1.78 bits per heavy atom. The highest BCUT2D eigenvalue weighted by Gasteiger charge is 2.54. The molecule has 0 aliphatic carbocycles. The monoisotopic (exact) mass is 344 g/mol. The molecule has 0 spiro atoms. The van der Waals surface area contributed by atoms with Crippen LogP contribution in [-0.4, -0.2) is 51.7 Å². The highest BCUT2D eigenvalue weighted by Crippen LogP contribution is 2.42. The van der Waals surface area contributed by atoms with E-state index in [1.807, 2.05) is 6.92 Å². The van der Waals surface area contributed by atoms with Crippen LogP contribution >= 0.6 is 0 Å². The molecule has 1 aliphatic rings. The van der Waals surface area contributed by atoms with Crippen LogP contribution in [0.3, 0.4) is 0 Å². The van der Waals surface area contributed by atoms with E-state index in [2.05, 4.69) is 0 Å². The average molecular weight is 344 g/mol. The summed E-state index contributed by atoms with van der Waals surface area (Å²) >= 11 is 0. The summed E-state index contributed by atoms with van der Waals surface area (Å²) in [5, 5.41) is 10.8. The zero-order valence-electron chi connectivity index (χ0n) is 13.8. The molecule has 0 aromatic heterocycles. The van der Waals surface area contributed by atoms with Crippen LogP contribution < -0.4 is 0 Å². The maximum atomic E-state index is 12.6. The van der Waals surface area contributed by atoms with E-state index in [-0.39, 0.29) is 10.8 Å². The van der Waals surface area contributed by atoms with E-state index < -0.39 is 39.7 Å². The maximum Gasteiger partial charge on any atom is 0.183 e. The van der Waals surface area contributed by atoms with Gasteiger partial charge in [0.1, 0.15) is 11.9 Å². The third-order valence-electron chi connectivity index (χ3n) is 4.59. The van der Waals surface area contributed by atoms with Crippen LogP contribution in [0.25, 0.3) is 0 Å². The van der Waals surface area contributed by atoms with Gasteiger partial charge in [0.25, 0.3) is 0 Å². The first-order valence-electron chi connectivity index (χ1n) is 7.49. The van der Waals surface area contributed by atoms with E-state index in [0.717, 1.165) is 0 Å². The zero-order valence-corrected chi connectivity index (χ0v) is 14.6. The van der Waals surface area contributed by atoms with Crippen LogP contribution in [0.15, 0.2) is 35.2 Å². The molecule has 0 radical (unpaired) electrons. The molecule has 0 bridgehead atoms. The number of benzene rings is 1. The first-order chi connectivity index (χ1) is 10.7. The number of aliphatic hydroxyl groups is 1. The van der Waals surface area contributed by atoms with Gasteiger partial charge in [-0.15, -0.1) is 0 Å². The summed E-state index contributed by atoms with van der Waals surface area (Å²) in [6.45, 7) is 3.65. The third-order valence-corrected chi connectivity index (χ3v) is 6.37. The van der Waals surface area contributed by atoms with Gasteiger partial charge in [0.2, 0.25) is 0 Å². The van der Waals surface area contributed by atoms with E-state index in [0.29, 0.717) is 0 Å². The molecule has 1 saturated heterocycles. The van der Waals surface area contributed by atoms with E-state index in [1.165, 1.54) is 26.4 Å². The van der Waals surface area contributed by atoms with Crippen molar-refractivity contribution in [1.29, 1.82) is 0 Å². The Bertz CT molecular complexity index is 613. The fourth-order valence-corrected chi connectivity index (χ4v) is 4.58. The lowest BCUT2D eigenvalue weighted by atomic mass is 9.88. The van der Waals surface area contributed by atoms with Gasteiger partial charge in [-0.1, -0.05) is 32.0 Å². The largest absolute Gasteiger partial charge is 0.364 e. The van der Waals surface area contributed by atoms with Gasteiger partial charge in [0.05, 0.1) is 4.90 Å². The van der Waals surface area contributed by atoms with Crippen LogP contribution in [0.4, 0.5) is 0 Å². The molecule has 1 heterocycles. The van der Waals surface area contributed by atoms with E-state index in [4.69, 9.17) is 14.2 Å². The van der Waals surface area contributed by atoms with Crippen molar-refractivity contribution in [1.82, 2.24) is 0 Å². The van der Waals surface area contributed by atoms with Crippen molar-refractivity contribution in [2.45, 2.75) is 36.9 Å². The van der Waals surface area contributed by atoms with Gasteiger partial charge in [0.15, 0.2) is 21.9 Å². The Morgan fingerprint density at radius 3 is 2.30 bits per heavy atom. The lowest BCUT2D eigenvalue weighted by Crippen LogP contribution is -2.43. The molecule has 1 fully saturated rings. The number of hydrogen-bond acceptors (Lipinski definition) is 6. The molecule has 0 saturated carbocycles. The van der Waals surface area contributed by atoms with E-state index in [9.17, 15) is 13.5 Å². The van der Waals surface area contributed by atoms with Gasteiger partial charge in [-0.2, -0.15) is 0 Å². The zero-order chi connectivity index (χ0) is 17.3. The third kappa shape index (κ3) is 3.59. The predicted octanol–water partition coefficient (Wildman–Crippen LogP) is 1.44. The molecule has 7 heteroatoms. The molecule has 1 aromatic carbocycles. The lowest BCUT2D eigenvalue weighted by molar-refractivity contribution is -0.245. The summed E-state index contributed by atoms with van der Waals surface area (Å²) in [7, 11) is -0.719. The molecular formula is C16H24O6S. The minimum Gasteiger partial charge on any atom is -0.364 e. The Morgan fingerprint density at radius 1 is 1.22 bits per heavy atom. The average Bonchev–Trinajstić information content (AvgIpc) is 2.74. The van der Waals surface area contributed by atoms with Crippen molar-refractivity contribution in [3.05, 3.63) is 30.3 Å². The molecule has 4 atom stereocenters. The number of sulfone groups is 1. The van der Waals surface area contributed by atoms with Gasteiger partial charge in [0, 0.05) is 20.1 Å². The molecular weight excluding hydrogens is 320 g/mol. The second kappa shape index (κ2) is 6.86. The molecule has 1 aromatic rings. The molecule has 1 N–H and O–H groups in total. The molecule has 1 aliphatic heterocycles. The summed E-state index contributed by atoms with van der Waals surface area (Å²) < 4.78 is 41.2. The Labute approximate surface area is 137 Å². The predicted molar refractivity (Wildman–Crippen MR) is 84.5 cm³/mol. The van der Waals surface area contributed by atoms with Gasteiger partial charge >= 0.3 is 0 Å². The summed E-state index contributed by atoms with van der Waals surface area (Å²) in [4.78, 5) is 0.162. The van der Waals surface area contributed by atoms with Crippen molar-refractivity contribution in [3.63, 3.8) is 0 Å². The van der Waals surface area contributed by atoms with Gasteiger partial charge in [-0.25, -0.2) is 8.42 Å². The molecule has 130 valence electrons. The second-order valence-electron chi connectivity index (χ2n) is 5.99. The van der Waals surface area contributed by atoms with E-state index in [1.54, 1.807) is 25.1 Å². The number of ether oxygens (including phenoxy) is 3. The van der Waals surface area contributed by atoms with Crippen molar-refractivity contribution in [2.75, 3.05) is 20.0 Å². The fourth-order valence-electron chi connectivity index (χ4n) is 2.96. The number of hydrogen-bond donors (Lipinski definition) is 1. The van der Waals surface area contributed by atoms with Crippen molar-refractivity contribution >= 4 is 9.84 Å². The molecule has 2 rings (SSSR count). The SMILES string of the molecule is COC(OC)[C@@H]1O[C@](O)(CS(=O)(=O)c2ccccc2)C(C)C1C. The summed E-state index contributed by atoms with van der Waals surface area (Å²) in [6.07, 6.45) is -1.21. The van der Waals surface area contributed by atoms with Crippen LogP contribution in [0, 0.1) is 11.8 Å². The summed E-state index contributed by atoms with van der Waals surface area (Å²) in [5.74, 6) is -2.81. The normalized spacial score (nSPS) is 31.7. The van der Waals surface area contributed by atoms with Crippen molar-refractivity contribution in [3.8, 4) is 0 Å². The summed E-state index contributed by atoms with van der Waals surface area (Å²) in [6, 6.07) is 8.04. The van der Waals surface area contributed by atoms with Crippen molar-refractivity contribution < 1.29 is 27.7 Å². The Kier molecular flexibility index (Phi) is 5.48. The molecule has 23 heavy (non-hydrogen) atoms.